The van der Waals surface area contributed by atoms with Crippen LogP contribution in [0.15, 0.2) is 24.3 Å². The lowest BCUT2D eigenvalue weighted by Crippen LogP contribution is -2.41. The third kappa shape index (κ3) is 29.1. The highest BCUT2D eigenvalue weighted by molar-refractivity contribution is 5.89. The van der Waals surface area contributed by atoms with Crippen LogP contribution < -0.4 is 5.32 Å². The van der Waals surface area contributed by atoms with Gasteiger partial charge in [-0.3, -0.25) is 14.4 Å². The van der Waals surface area contributed by atoms with Crippen LogP contribution in [0.3, 0.4) is 0 Å². The Morgan fingerprint density at radius 2 is 1.31 bits per heavy atom. The number of unbranched alkanes of at least 4 members (excludes halogenated alkanes) is 17. The maximum absolute atomic E-state index is 11.6. The Morgan fingerprint density at radius 3 is 1.89 bits per heavy atom. The second-order valence-electron chi connectivity index (χ2n) is 12.4. The van der Waals surface area contributed by atoms with E-state index in [0.717, 1.165) is 70.6 Å². The van der Waals surface area contributed by atoms with Crippen LogP contribution in [0.5, 0.6) is 0 Å². The van der Waals surface area contributed by atoms with Crippen LogP contribution in [-0.4, -0.2) is 64.4 Å². The highest BCUT2D eigenvalue weighted by Crippen LogP contribution is 2.28. The molecule has 4 atom stereocenters. The third-order valence-electron chi connectivity index (χ3n) is 8.20. The molecule has 1 amide bonds. The van der Waals surface area contributed by atoms with Gasteiger partial charge in [0, 0.05) is 12.8 Å². The molecule has 45 heavy (non-hydrogen) atoms. The summed E-state index contributed by atoms with van der Waals surface area (Å²) in [4.78, 5) is 32.2. The molecule has 1 heterocycles. The molecule has 1 fully saturated rings. The van der Waals surface area contributed by atoms with E-state index in [1.807, 2.05) is 12.2 Å². The minimum Gasteiger partial charge on any atom is -0.481 e. The van der Waals surface area contributed by atoms with Gasteiger partial charge in [-0.1, -0.05) is 129 Å². The van der Waals surface area contributed by atoms with Gasteiger partial charge in [0.15, 0.2) is 5.78 Å². The zero-order chi connectivity index (χ0) is 33.4. The molecule has 1 aliphatic heterocycles. The molecule has 8 nitrogen and oxygen atoms in total. The monoisotopic (exact) mass is 637 g/mol. The Bertz CT molecular complexity index is 770. The van der Waals surface area contributed by atoms with Gasteiger partial charge in [-0.05, 0) is 44.3 Å². The van der Waals surface area contributed by atoms with Crippen LogP contribution in [0.25, 0.3) is 0 Å². The van der Waals surface area contributed by atoms with Gasteiger partial charge in [0.25, 0.3) is 0 Å². The van der Waals surface area contributed by atoms with E-state index in [-0.39, 0.29) is 24.9 Å². The Hall–Kier alpha value is -2.03. The maximum atomic E-state index is 11.6. The number of aliphatic carboxylic acids is 1. The number of nitrogens with one attached hydrogen (secondary N) is 1. The minimum atomic E-state index is -0.821. The predicted octanol–water partition coefficient (Wildman–Crippen LogP) is 7.99. The fraction of sp³-hybridized carbons (Fsp3) is 0.811. The van der Waals surface area contributed by atoms with Crippen LogP contribution >= 0.6 is 0 Å². The number of carboxylic acids is 1. The van der Waals surface area contributed by atoms with Crippen LogP contribution in [0.4, 0.5) is 0 Å². The van der Waals surface area contributed by atoms with Gasteiger partial charge < -0.3 is 25.4 Å². The number of allylic oxidation sites excluding steroid dienone is 2. The molecule has 1 saturated heterocycles. The molecule has 0 bridgehead atoms. The topological polar surface area (TPSA) is 136 Å². The Kier molecular flexibility index (Phi) is 30.5. The van der Waals surface area contributed by atoms with Gasteiger partial charge in [0.1, 0.15) is 6.10 Å². The summed E-state index contributed by atoms with van der Waals surface area (Å²) < 4.78 is 5.54. The van der Waals surface area contributed by atoms with Crippen molar-refractivity contribution in [1.82, 2.24) is 5.32 Å². The number of aliphatic hydroxyl groups is 2. The van der Waals surface area contributed by atoms with Gasteiger partial charge in [-0.2, -0.15) is 0 Å². The molecular formula is C37H67NO7. The summed E-state index contributed by atoms with van der Waals surface area (Å²) in [5, 5.41) is 29.7. The number of amides is 1. The van der Waals surface area contributed by atoms with E-state index in [4.69, 9.17) is 14.9 Å². The van der Waals surface area contributed by atoms with Crippen molar-refractivity contribution < 1.29 is 34.4 Å². The number of hydrogen-bond donors (Lipinski definition) is 4. The largest absolute Gasteiger partial charge is 0.481 e. The van der Waals surface area contributed by atoms with Gasteiger partial charge in [-0.25, -0.2) is 0 Å². The van der Waals surface area contributed by atoms with Crippen molar-refractivity contribution in [2.75, 3.05) is 6.61 Å². The van der Waals surface area contributed by atoms with Crippen molar-refractivity contribution in [2.45, 2.75) is 186 Å². The molecule has 0 radical (unpaired) electrons. The van der Waals surface area contributed by atoms with E-state index >= 15 is 0 Å². The van der Waals surface area contributed by atoms with Gasteiger partial charge in [0.05, 0.1) is 24.9 Å². The second kappa shape index (κ2) is 31.9. The van der Waals surface area contributed by atoms with Crippen molar-refractivity contribution in [3.63, 3.8) is 0 Å². The minimum absolute atomic E-state index is 0.141. The van der Waals surface area contributed by atoms with E-state index in [2.05, 4.69) is 19.2 Å². The molecule has 8 heteroatoms. The van der Waals surface area contributed by atoms with Crippen LogP contribution in [0, 0.1) is 0 Å². The first-order valence-electron chi connectivity index (χ1n) is 18.1. The highest BCUT2D eigenvalue weighted by Gasteiger charge is 2.35. The standard InChI is InChI=1S/C19H37NO3.C18H30O4/c1-2-3-4-5-6-7-8-9-10-11-12-13-14-15-19(23)18(16-21)20-17-22;1-2-3-7-10-15(19)13-14-17-16(22-17)11-8-5-4-6-9-12-18(20)21/h14-15,17-19,21,23H,2-13,16H2,1H3,(H,20,22);13-14,16-17H,2-12H2,1H3,(H,20,21)/b15-14+;14-13+/t18-,19+;16-,17-/m01/s1. The van der Waals surface area contributed by atoms with Gasteiger partial charge >= 0.3 is 5.97 Å². The number of epoxide rings is 1. The number of carbonyl (C=O) groups is 3. The molecule has 262 valence electrons. The summed E-state index contributed by atoms with van der Waals surface area (Å²) in [7, 11) is 0. The molecule has 1 aliphatic rings. The first-order chi connectivity index (χ1) is 21.9. The number of ketones is 1. The number of carboxylic acid groups (broad SMARTS) is 1. The summed E-state index contributed by atoms with van der Waals surface area (Å²) >= 11 is 0. The molecule has 0 aromatic carbocycles. The normalized spacial score (nSPS) is 17.2. The summed E-state index contributed by atoms with van der Waals surface area (Å²) in [5.41, 5.74) is 0. The number of carbonyl (C=O) groups excluding carboxylic acids is 2. The van der Waals surface area contributed by atoms with E-state index in [9.17, 15) is 19.5 Å². The maximum Gasteiger partial charge on any atom is 0.303 e. The van der Waals surface area contributed by atoms with Crippen molar-refractivity contribution in [3.05, 3.63) is 24.3 Å². The van der Waals surface area contributed by atoms with Crippen molar-refractivity contribution >= 4 is 18.2 Å². The first kappa shape index (κ1) is 43.0. The molecule has 0 aromatic heterocycles. The van der Waals surface area contributed by atoms with E-state index in [0.29, 0.717) is 18.9 Å². The fourth-order valence-corrected chi connectivity index (χ4v) is 5.19. The Balaban J connectivity index is 0.000000861. The van der Waals surface area contributed by atoms with Crippen molar-refractivity contribution in [2.24, 2.45) is 0 Å². The molecule has 4 N–H and O–H groups in total. The Morgan fingerprint density at radius 1 is 0.778 bits per heavy atom. The van der Waals surface area contributed by atoms with E-state index < -0.39 is 18.1 Å². The smallest absolute Gasteiger partial charge is 0.303 e. The zero-order valence-electron chi connectivity index (χ0n) is 28.6. The number of aliphatic hydroxyl groups excluding tert-OH is 2. The highest BCUT2D eigenvalue weighted by atomic mass is 16.6. The summed E-state index contributed by atoms with van der Waals surface area (Å²) in [6.45, 7) is 4.13. The quantitative estimate of drug-likeness (QED) is 0.0199. The van der Waals surface area contributed by atoms with Gasteiger partial charge in [0.2, 0.25) is 6.41 Å². The van der Waals surface area contributed by atoms with Crippen molar-refractivity contribution in [3.8, 4) is 0 Å². The lowest BCUT2D eigenvalue weighted by molar-refractivity contribution is -0.137. The van der Waals surface area contributed by atoms with E-state index in [1.165, 1.54) is 64.2 Å². The summed E-state index contributed by atoms with van der Waals surface area (Å²) in [5.74, 6) is -0.494. The van der Waals surface area contributed by atoms with Crippen molar-refractivity contribution in [1.29, 1.82) is 0 Å². The summed E-state index contributed by atoms with van der Waals surface area (Å²) in [6.07, 6.45) is 33.2. The predicted molar refractivity (Wildman–Crippen MR) is 183 cm³/mol. The lowest BCUT2D eigenvalue weighted by Gasteiger charge is -2.16. The average molecular weight is 638 g/mol. The summed E-state index contributed by atoms with van der Waals surface area (Å²) in [6, 6.07) is -0.610. The average Bonchev–Trinajstić information content (AvgIpc) is 3.79. The molecule has 1 rings (SSSR count). The molecule has 0 spiro atoms. The fourth-order valence-electron chi connectivity index (χ4n) is 5.19. The molecule has 0 unspecified atom stereocenters. The van der Waals surface area contributed by atoms with Gasteiger partial charge in [-0.15, -0.1) is 0 Å². The molecule has 0 saturated carbocycles. The zero-order valence-corrected chi connectivity index (χ0v) is 28.6. The molecular weight excluding hydrogens is 570 g/mol. The first-order valence-corrected chi connectivity index (χ1v) is 18.1. The van der Waals surface area contributed by atoms with Crippen LogP contribution in [0.1, 0.15) is 162 Å². The second-order valence-corrected chi connectivity index (χ2v) is 12.4. The van der Waals surface area contributed by atoms with Crippen LogP contribution in [0.2, 0.25) is 0 Å². The Labute approximate surface area is 274 Å². The third-order valence-corrected chi connectivity index (χ3v) is 8.20. The van der Waals surface area contributed by atoms with E-state index in [1.54, 1.807) is 12.2 Å². The molecule has 0 aliphatic carbocycles. The molecule has 0 aromatic rings. The number of rotatable bonds is 31. The number of hydrogen-bond acceptors (Lipinski definition) is 6. The lowest BCUT2D eigenvalue weighted by atomic mass is 10.0. The number of ether oxygens (including phenoxy) is 1. The SMILES string of the molecule is CCCCCC(=O)/C=C/[C@H]1O[C@@H]1CCCCCCCC(=O)O.CCCCCCCCCCCCC/C=C/[C@@H](O)[C@H](CO)NC=O. The van der Waals surface area contributed by atoms with Crippen LogP contribution in [-0.2, 0) is 19.1 Å².